The van der Waals surface area contributed by atoms with Crippen LogP contribution in [0, 0.1) is 0 Å². The molecule has 0 fully saturated rings. The molecule has 1 aromatic heterocycles. The summed E-state index contributed by atoms with van der Waals surface area (Å²) in [7, 11) is 1.60. The number of halogens is 1. The van der Waals surface area contributed by atoms with Gasteiger partial charge < -0.3 is 10.1 Å². The molecule has 0 aliphatic heterocycles. The van der Waals surface area contributed by atoms with Crippen molar-refractivity contribution >= 4 is 23.2 Å². The molecule has 1 N–H and O–H groups in total. The number of nitrogens with zero attached hydrogens (tertiary/aromatic N) is 2. The smallest absolute Gasteiger partial charge is 0.212 e. The van der Waals surface area contributed by atoms with Crippen molar-refractivity contribution < 1.29 is 4.74 Å². The maximum atomic E-state index is 6.18. The Bertz CT molecular complexity index is 740. The predicted octanol–water partition coefficient (Wildman–Crippen LogP) is 4.28. The van der Waals surface area contributed by atoms with Crippen LogP contribution in [-0.2, 0) is 0 Å². The van der Waals surface area contributed by atoms with Gasteiger partial charge in [0.15, 0.2) is 0 Å². The van der Waals surface area contributed by atoms with E-state index >= 15 is 0 Å². The van der Waals surface area contributed by atoms with E-state index in [-0.39, 0.29) is 0 Å². The lowest BCUT2D eigenvalue weighted by Crippen LogP contribution is -2.01. The van der Waals surface area contributed by atoms with Crippen molar-refractivity contribution in [1.82, 2.24) is 9.55 Å². The summed E-state index contributed by atoms with van der Waals surface area (Å²) in [6, 6.07) is 15.5. The number of para-hydroxylation sites is 1. The number of benzene rings is 2. The van der Waals surface area contributed by atoms with Crippen LogP contribution in [0.25, 0.3) is 5.69 Å². The van der Waals surface area contributed by atoms with E-state index in [0.717, 1.165) is 17.3 Å². The number of methoxy groups -OCH3 is 1. The van der Waals surface area contributed by atoms with Gasteiger partial charge in [0.2, 0.25) is 5.95 Å². The summed E-state index contributed by atoms with van der Waals surface area (Å²) in [6.45, 7) is 0. The summed E-state index contributed by atoms with van der Waals surface area (Å²) in [5.74, 6) is 1.38. The monoisotopic (exact) mass is 299 g/mol. The Balaban J connectivity index is 1.93. The first-order chi connectivity index (χ1) is 10.3. The number of hydrogen-bond acceptors (Lipinski definition) is 3. The van der Waals surface area contributed by atoms with Gasteiger partial charge in [-0.3, -0.25) is 4.57 Å². The van der Waals surface area contributed by atoms with Gasteiger partial charge in [0.05, 0.1) is 17.8 Å². The Morgan fingerprint density at radius 3 is 2.67 bits per heavy atom. The number of hydrogen-bond donors (Lipinski definition) is 1. The third-order valence-corrected chi connectivity index (χ3v) is 3.38. The average Bonchev–Trinajstić information content (AvgIpc) is 2.96. The van der Waals surface area contributed by atoms with E-state index in [0.29, 0.717) is 10.8 Å². The molecule has 0 unspecified atom stereocenters. The van der Waals surface area contributed by atoms with E-state index in [1.54, 1.807) is 13.3 Å². The van der Waals surface area contributed by atoms with Crippen LogP contribution in [0.5, 0.6) is 5.75 Å². The SMILES string of the molecule is COc1ccc(-n2ccnc2Nc2ccccc2)cc1Cl. The third kappa shape index (κ3) is 2.85. The third-order valence-electron chi connectivity index (χ3n) is 3.08. The highest BCUT2D eigenvalue weighted by molar-refractivity contribution is 6.32. The van der Waals surface area contributed by atoms with Crippen LogP contribution in [0.1, 0.15) is 0 Å². The summed E-state index contributed by atoms with van der Waals surface area (Å²) in [5, 5.41) is 3.84. The number of aromatic nitrogens is 2. The molecule has 1 heterocycles. The lowest BCUT2D eigenvalue weighted by molar-refractivity contribution is 0.415. The lowest BCUT2D eigenvalue weighted by Gasteiger charge is -2.11. The molecule has 0 spiro atoms. The van der Waals surface area contributed by atoms with Crippen molar-refractivity contribution in [1.29, 1.82) is 0 Å². The molecule has 0 aliphatic carbocycles. The molecule has 2 aromatic carbocycles. The molecule has 0 saturated heterocycles. The van der Waals surface area contributed by atoms with E-state index in [1.165, 1.54) is 0 Å². The minimum atomic E-state index is 0.564. The Morgan fingerprint density at radius 1 is 1.14 bits per heavy atom. The molecule has 0 amide bonds. The van der Waals surface area contributed by atoms with Gasteiger partial charge in [-0.1, -0.05) is 29.8 Å². The summed E-state index contributed by atoms with van der Waals surface area (Å²) >= 11 is 6.18. The maximum absolute atomic E-state index is 6.18. The molecular formula is C16H14ClN3O. The van der Waals surface area contributed by atoms with Gasteiger partial charge in [0.25, 0.3) is 0 Å². The summed E-state index contributed by atoms with van der Waals surface area (Å²) in [4.78, 5) is 4.34. The van der Waals surface area contributed by atoms with E-state index in [2.05, 4.69) is 10.3 Å². The van der Waals surface area contributed by atoms with Crippen LogP contribution in [0.3, 0.4) is 0 Å². The number of anilines is 2. The molecule has 21 heavy (non-hydrogen) atoms. The molecule has 0 bridgehead atoms. The van der Waals surface area contributed by atoms with Gasteiger partial charge >= 0.3 is 0 Å². The molecule has 0 atom stereocenters. The zero-order chi connectivity index (χ0) is 14.7. The summed E-state index contributed by atoms with van der Waals surface area (Å²) < 4.78 is 7.10. The first-order valence-corrected chi connectivity index (χ1v) is 6.85. The van der Waals surface area contributed by atoms with Crippen LogP contribution in [0.15, 0.2) is 60.9 Å². The first-order valence-electron chi connectivity index (χ1n) is 6.47. The number of nitrogens with one attached hydrogen (secondary N) is 1. The van der Waals surface area contributed by atoms with E-state index in [4.69, 9.17) is 16.3 Å². The molecule has 0 radical (unpaired) electrons. The van der Waals surface area contributed by atoms with Crippen LogP contribution in [0.4, 0.5) is 11.6 Å². The molecule has 106 valence electrons. The maximum Gasteiger partial charge on any atom is 0.212 e. The zero-order valence-corrected chi connectivity index (χ0v) is 12.2. The van der Waals surface area contributed by atoms with Crippen LogP contribution in [-0.4, -0.2) is 16.7 Å². The largest absolute Gasteiger partial charge is 0.495 e. The quantitative estimate of drug-likeness (QED) is 0.781. The molecule has 5 heteroatoms. The average molecular weight is 300 g/mol. The highest BCUT2D eigenvalue weighted by Gasteiger charge is 2.08. The summed E-state index contributed by atoms with van der Waals surface area (Å²) in [5.41, 5.74) is 1.89. The fourth-order valence-corrected chi connectivity index (χ4v) is 2.31. The molecule has 0 saturated carbocycles. The minimum Gasteiger partial charge on any atom is -0.495 e. The Labute approximate surface area is 128 Å². The van der Waals surface area contributed by atoms with Crippen molar-refractivity contribution in [2.24, 2.45) is 0 Å². The highest BCUT2D eigenvalue weighted by atomic mass is 35.5. The Morgan fingerprint density at radius 2 is 1.95 bits per heavy atom. The van der Waals surface area contributed by atoms with E-state index < -0.39 is 0 Å². The second-order valence-corrected chi connectivity index (χ2v) is 4.84. The molecule has 0 aliphatic rings. The Hall–Kier alpha value is -2.46. The van der Waals surface area contributed by atoms with Crippen LogP contribution in [0.2, 0.25) is 5.02 Å². The zero-order valence-electron chi connectivity index (χ0n) is 11.5. The standard InChI is InChI=1S/C16H14ClN3O/c1-21-15-8-7-13(11-14(15)17)20-10-9-18-16(20)19-12-5-3-2-4-6-12/h2-11H,1H3,(H,18,19). The van der Waals surface area contributed by atoms with Gasteiger partial charge in [-0.15, -0.1) is 0 Å². The van der Waals surface area contributed by atoms with Crippen molar-refractivity contribution in [3.8, 4) is 11.4 Å². The fraction of sp³-hybridized carbons (Fsp3) is 0.0625. The van der Waals surface area contributed by atoms with Crippen molar-refractivity contribution in [2.75, 3.05) is 12.4 Å². The fourth-order valence-electron chi connectivity index (χ4n) is 2.06. The predicted molar refractivity (Wildman–Crippen MR) is 84.9 cm³/mol. The van der Waals surface area contributed by atoms with Gasteiger partial charge in [0.1, 0.15) is 5.75 Å². The number of rotatable bonds is 4. The summed E-state index contributed by atoms with van der Waals surface area (Å²) in [6.07, 6.45) is 3.62. The van der Waals surface area contributed by atoms with Crippen molar-refractivity contribution in [2.45, 2.75) is 0 Å². The molecular weight excluding hydrogens is 286 g/mol. The molecule has 3 aromatic rings. The molecule has 3 rings (SSSR count). The first kappa shape index (κ1) is 13.5. The lowest BCUT2D eigenvalue weighted by atomic mass is 10.3. The van der Waals surface area contributed by atoms with Crippen molar-refractivity contribution in [3.05, 3.63) is 65.9 Å². The normalized spacial score (nSPS) is 10.4. The second-order valence-electron chi connectivity index (χ2n) is 4.43. The number of imidazole rings is 1. The van der Waals surface area contributed by atoms with Crippen LogP contribution < -0.4 is 10.1 Å². The van der Waals surface area contributed by atoms with Gasteiger partial charge in [-0.2, -0.15) is 0 Å². The van der Waals surface area contributed by atoms with Crippen molar-refractivity contribution in [3.63, 3.8) is 0 Å². The second kappa shape index (κ2) is 5.89. The van der Waals surface area contributed by atoms with Gasteiger partial charge in [-0.25, -0.2) is 4.98 Å². The Kier molecular flexibility index (Phi) is 3.79. The van der Waals surface area contributed by atoms with Gasteiger partial charge in [0, 0.05) is 18.1 Å². The highest BCUT2D eigenvalue weighted by Crippen LogP contribution is 2.28. The minimum absolute atomic E-state index is 0.564. The molecule has 4 nitrogen and oxygen atoms in total. The van der Waals surface area contributed by atoms with Crippen LogP contribution >= 0.6 is 11.6 Å². The number of ether oxygens (including phenoxy) is 1. The van der Waals surface area contributed by atoms with E-state index in [1.807, 2.05) is 59.3 Å². The van der Waals surface area contributed by atoms with Gasteiger partial charge in [-0.05, 0) is 30.3 Å². The topological polar surface area (TPSA) is 39.1 Å². The van der Waals surface area contributed by atoms with E-state index in [9.17, 15) is 0 Å².